The molecule has 4 rings (SSSR count). The van der Waals surface area contributed by atoms with E-state index in [-0.39, 0.29) is 11.6 Å². The van der Waals surface area contributed by atoms with Crippen molar-refractivity contribution in [2.75, 3.05) is 0 Å². The zero-order valence-electron chi connectivity index (χ0n) is 15.2. The molecular weight excluding hydrogens is 388 g/mol. The number of hydrogen-bond donors (Lipinski definition) is 1. The fourth-order valence-electron chi connectivity index (χ4n) is 2.90. The minimum absolute atomic E-state index is 0.0501. The maximum atomic E-state index is 13.0. The van der Waals surface area contributed by atoms with Crippen molar-refractivity contribution < 1.29 is 14.0 Å². The van der Waals surface area contributed by atoms with Crippen LogP contribution >= 0.6 is 11.7 Å². The molecule has 0 aliphatic heterocycles. The summed E-state index contributed by atoms with van der Waals surface area (Å²) in [5.74, 6) is -0.930. The molecule has 4 aromatic rings. The van der Waals surface area contributed by atoms with Gasteiger partial charge in [0.15, 0.2) is 5.69 Å². The summed E-state index contributed by atoms with van der Waals surface area (Å²) in [6, 6.07) is 17.9. The van der Waals surface area contributed by atoms with E-state index in [2.05, 4.69) is 19.0 Å². The predicted molar refractivity (Wildman–Crippen MR) is 108 cm³/mol. The lowest BCUT2D eigenvalue weighted by Gasteiger charge is -2.16. The second-order valence-electron chi connectivity index (χ2n) is 6.24. The highest BCUT2D eigenvalue weighted by Crippen LogP contribution is 2.21. The first-order valence-electron chi connectivity index (χ1n) is 8.89. The number of carbonyl (C=O) groups is 2. The van der Waals surface area contributed by atoms with Crippen LogP contribution in [0.1, 0.15) is 26.7 Å². The van der Waals surface area contributed by atoms with Gasteiger partial charge in [0.05, 0.1) is 17.9 Å². The van der Waals surface area contributed by atoms with E-state index in [9.17, 15) is 9.59 Å². The van der Waals surface area contributed by atoms with Crippen LogP contribution in [-0.2, 0) is 6.42 Å². The molecule has 144 valence electrons. The van der Waals surface area contributed by atoms with Gasteiger partial charge in [0.1, 0.15) is 18.0 Å². The normalized spacial score (nSPS) is 11.7. The van der Waals surface area contributed by atoms with E-state index in [1.165, 1.54) is 12.5 Å². The number of aromatic nitrogens is 3. The monoisotopic (exact) mass is 404 g/mol. The van der Waals surface area contributed by atoms with Crippen molar-refractivity contribution in [3.05, 3.63) is 90.3 Å². The highest BCUT2D eigenvalue weighted by Gasteiger charge is 2.28. The Hall–Kier alpha value is -3.65. The molecule has 2 aromatic carbocycles. The highest BCUT2D eigenvalue weighted by atomic mass is 32.1. The second kappa shape index (κ2) is 8.57. The Kier molecular flexibility index (Phi) is 5.53. The number of amides is 1. The van der Waals surface area contributed by atoms with E-state index in [4.69, 9.17) is 4.42 Å². The third kappa shape index (κ3) is 4.27. The fourth-order valence-corrected chi connectivity index (χ4v) is 3.47. The molecule has 8 heteroatoms. The van der Waals surface area contributed by atoms with E-state index in [0.717, 1.165) is 22.9 Å². The first-order chi connectivity index (χ1) is 14.2. The molecule has 0 saturated carbocycles. The Morgan fingerprint density at radius 2 is 1.72 bits per heavy atom. The van der Waals surface area contributed by atoms with Crippen molar-refractivity contribution >= 4 is 23.4 Å². The topological polar surface area (TPSA) is 98.0 Å². The molecule has 1 N–H and O–H groups in total. The van der Waals surface area contributed by atoms with Gasteiger partial charge in [-0.25, -0.2) is 4.98 Å². The molecule has 0 bridgehead atoms. The predicted octanol–water partition coefficient (Wildman–Crippen LogP) is 3.42. The molecule has 1 amide bonds. The smallest absolute Gasteiger partial charge is 0.273 e. The quantitative estimate of drug-likeness (QED) is 0.474. The van der Waals surface area contributed by atoms with Crippen LogP contribution in [0.3, 0.4) is 0 Å². The molecule has 29 heavy (non-hydrogen) atoms. The number of oxazole rings is 1. The maximum absolute atomic E-state index is 13.0. The van der Waals surface area contributed by atoms with E-state index < -0.39 is 17.7 Å². The van der Waals surface area contributed by atoms with Gasteiger partial charge in [0.25, 0.3) is 11.8 Å². The Morgan fingerprint density at radius 1 is 1.00 bits per heavy atom. The summed E-state index contributed by atoms with van der Waals surface area (Å²) in [6.07, 6.45) is 3.02. The zero-order valence-corrected chi connectivity index (χ0v) is 16.0. The standard InChI is InChI=1S/C21H16N4O3S/c26-19(21-22-11-12-28-21)16(13-14-7-3-1-4-8-14)23-20(27)18-17(24-29-25-18)15-9-5-2-6-10-15/h1-12,16H,13H2,(H,23,27). The molecule has 2 aromatic heterocycles. The maximum Gasteiger partial charge on any atom is 0.273 e. The molecule has 0 aliphatic carbocycles. The first-order valence-corrected chi connectivity index (χ1v) is 9.62. The molecule has 0 fully saturated rings. The molecule has 1 unspecified atom stereocenters. The fraction of sp³-hybridized carbons (Fsp3) is 0.0952. The molecule has 2 heterocycles. The summed E-state index contributed by atoms with van der Waals surface area (Å²) < 4.78 is 13.5. The SMILES string of the molecule is O=C(NC(Cc1ccccc1)C(=O)c1ncco1)c1nsnc1-c1ccccc1. The lowest BCUT2D eigenvalue weighted by Crippen LogP contribution is -2.42. The largest absolute Gasteiger partial charge is 0.442 e. The number of nitrogens with zero attached hydrogens (tertiary/aromatic N) is 3. The van der Waals surface area contributed by atoms with Crippen molar-refractivity contribution in [2.45, 2.75) is 12.5 Å². The molecule has 0 radical (unpaired) electrons. The van der Waals surface area contributed by atoms with E-state index in [1.54, 1.807) is 0 Å². The van der Waals surface area contributed by atoms with E-state index in [0.29, 0.717) is 12.1 Å². The van der Waals surface area contributed by atoms with E-state index in [1.807, 2.05) is 60.7 Å². The van der Waals surface area contributed by atoms with Gasteiger partial charge in [0, 0.05) is 12.0 Å². The van der Waals surface area contributed by atoms with Crippen LogP contribution in [0.4, 0.5) is 0 Å². The summed E-state index contributed by atoms with van der Waals surface area (Å²) in [7, 11) is 0. The average molecular weight is 404 g/mol. The lowest BCUT2D eigenvalue weighted by molar-refractivity contribution is 0.0836. The van der Waals surface area contributed by atoms with Gasteiger partial charge in [-0.15, -0.1) is 0 Å². The minimum Gasteiger partial charge on any atom is -0.442 e. The van der Waals surface area contributed by atoms with Crippen molar-refractivity contribution in [1.29, 1.82) is 0 Å². The van der Waals surface area contributed by atoms with Crippen LogP contribution in [0, 0.1) is 0 Å². The van der Waals surface area contributed by atoms with Crippen molar-refractivity contribution in [3.63, 3.8) is 0 Å². The molecular formula is C21H16N4O3S. The molecule has 1 atom stereocenters. The number of hydrogen-bond acceptors (Lipinski definition) is 7. The van der Waals surface area contributed by atoms with Crippen LogP contribution in [0.5, 0.6) is 0 Å². The summed E-state index contributed by atoms with van der Waals surface area (Å²) >= 11 is 0.950. The van der Waals surface area contributed by atoms with Crippen molar-refractivity contribution in [2.24, 2.45) is 0 Å². The average Bonchev–Trinajstić information content (AvgIpc) is 3.46. The van der Waals surface area contributed by atoms with Crippen LogP contribution in [0.15, 0.2) is 77.5 Å². The van der Waals surface area contributed by atoms with Gasteiger partial charge in [0.2, 0.25) is 5.78 Å². The van der Waals surface area contributed by atoms with Crippen LogP contribution in [0.2, 0.25) is 0 Å². The number of ketones is 1. The number of Topliss-reactive ketones (excluding diaryl/α,β-unsaturated/α-hetero) is 1. The number of nitrogens with one attached hydrogen (secondary N) is 1. The van der Waals surface area contributed by atoms with Crippen molar-refractivity contribution in [3.8, 4) is 11.3 Å². The highest BCUT2D eigenvalue weighted by molar-refractivity contribution is 6.99. The Balaban J connectivity index is 1.60. The Bertz CT molecular complexity index is 1100. The summed E-state index contributed by atoms with van der Waals surface area (Å²) in [4.78, 5) is 29.8. The van der Waals surface area contributed by atoms with E-state index >= 15 is 0 Å². The van der Waals surface area contributed by atoms with Crippen LogP contribution < -0.4 is 5.32 Å². The molecule has 0 aliphatic rings. The summed E-state index contributed by atoms with van der Waals surface area (Å²) in [6.45, 7) is 0. The van der Waals surface area contributed by atoms with Gasteiger partial charge < -0.3 is 9.73 Å². The van der Waals surface area contributed by atoms with Gasteiger partial charge in [-0.3, -0.25) is 9.59 Å². The van der Waals surface area contributed by atoms with Gasteiger partial charge in [-0.2, -0.15) is 8.75 Å². The second-order valence-corrected chi connectivity index (χ2v) is 6.77. The first kappa shape index (κ1) is 18.7. The third-order valence-electron chi connectivity index (χ3n) is 4.30. The van der Waals surface area contributed by atoms with Crippen LogP contribution in [-0.4, -0.2) is 31.5 Å². The Morgan fingerprint density at radius 3 is 2.41 bits per heavy atom. The summed E-state index contributed by atoms with van der Waals surface area (Å²) in [5.41, 5.74) is 2.34. The number of carbonyl (C=O) groups excluding carboxylic acids is 2. The van der Waals surface area contributed by atoms with Crippen LogP contribution in [0.25, 0.3) is 11.3 Å². The third-order valence-corrected chi connectivity index (χ3v) is 4.83. The minimum atomic E-state index is -0.853. The summed E-state index contributed by atoms with van der Waals surface area (Å²) in [5, 5.41) is 2.78. The van der Waals surface area contributed by atoms with Gasteiger partial charge in [-0.05, 0) is 5.56 Å². The molecule has 0 saturated heterocycles. The van der Waals surface area contributed by atoms with Crippen molar-refractivity contribution in [1.82, 2.24) is 19.0 Å². The number of benzene rings is 2. The molecule has 7 nitrogen and oxygen atoms in total. The van der Waals surface area contributed by atoms with Gasteiger partial charge >= 0.3 is 0 Å². The molecule has 0 spiro atoms. The van der Waals surface area contributed by atoms with Gasteiger partial charge in [-0.1, -0.05) is 60.7 Å². The lowest BCUT2D eigenvalue weighted by atomic mass is 10.0. The Labute approximate surface area is 170 Å². The number of rotatable bonds is 7. The zero-order chi connectivity index (χ0) is 20.1.